The molecule has 0 spiro atoms. The Morgan fingerprint density at radius 3 is 2.62 bits per heavy atom. The lowest BCUT2D eigenvalue weighted by atomic mass is 10.1. The highest BCUT2D eigenvalue weighted by atomic mass is 35.5. The molecule has 6 N–H and O–H groups in total. The summed E-state index contributed by atoms with van der Waals surface area (Å²) in [5.41, 5.74) is 19.0. The number of carbonyl (C=O) groups is 1. The molecule has 8 heteroatoms. The molecule has 0 aliphatic heterocycles. The number of imidazole rings is 1. The van der Waals surface area contributed by atoms with Crippen LogP contribution in [0, 0.1) is 18.8 Å². The number of amidine groups is 1. The number of aliphatic imine (C=N–C) groups is 1. The standard InChI is InChI=1S/C18H19ClN6O/c1-9-24-14-7-10(12(19)8-15(14)25(9)11-4-5-11)3-6-13(20)16(18(22)26)17(21)23-2/h7-8,11H,4-5,20H2,1-2H3,(H2,21,23)(H2,22,26)/b16-13+. The molecule has 7 nitrogen and oxygen atoms in total. The Labute approximate surface area is 155 Å². The molecule has 1 fully saturated rings. The van der Waals surface area contributed by atoms with Crippen molar-refractivity contribution in [1.29, 1.82) is 0 Å². The second kappa shape index (κ2) is 6.73. The fraction of sp³-hybridized carbons (Fsp3) is 0.278. The van der Waals surface area contributed by atoms with Gasteiger partial charge >= 0.3 is 0 Å². The van der Waals surface area contributed by atoms with Gasteiger partial charge in [-0.15, -0.1) is 0 Å². The molecule has 134 valence electrons. The minimum Gasteiger partial charge on any atom is -0.391 e. The highest BCUT2D eigenvalue weighted by molar-refractivity contribution is 6.32. The molecule has 0 bridgehead atoms. The number of allylic oxidation sites excluding steroid dienone is 1. The Hall–Kier alpha value is -2.98. The number of primary amides is 1. The predicted molar refractivity (Wildman–Crippen MR) is 103 cm³/mol. The van der Waals surface area contributed by atoms with E-state index in [4.69, 9.17) is 28.8 Å². The number of rotatable bonds is 3. The SMILES string of the molecule is CN=C(N)/C(C(N)=O)=C(\N)C#Cc1cc2nc(C)n(C3CC3)c2cc1Cl. The van der Waals surface area contributed by atoms with Crippen LogP contribution in [-0.4, -0.2) is 28.3 Å². The molecule has 1 saturated carbocycles. The smallest absolute Gasteiger partial charge is 0.255 e. The first kappa shape index (κ1) is 17.8. The summed E-state index contributed by atoms with van der Waals surface area (Å²) in [6.07, 6.45) is 2.31. The normalized spacial score (nSPS) is 15.4. The first-order valence-corrected chi connectivity index (χ1v) is 8.43. The predicted octanol–water partition coefficient (Wildman–Crippen LogP) is 1.37. The summed E-state index contributed by atoms with van der Waals surface area (Å²) in [4.78, 5) is 19.8. The molecule has 3 rings (SSSR count). The van der Waals surface area contributed by atoms with E-state index in [0.717, 1.165) is 29.7 Å². The zero-order chi connectivity index (χ0) is 19.0. The highest BCUT2D eigenvalue weighted by Crippen LogP contribution is 2.39. The summed E-state index contributed by atoms with van der Waals surface area (Å²) >= 11 is 6.38. The molecule has 0 atom stereocenters. The number of nitrogens with zero attached hydrogens (tertiary/aromatic N) is 3. The van der Waals surface area contributed by atoms with Crippen LogP contribution in [0.2, 0.25) is 5.02 Å². The van der Waals surface area contributed by atoms with Crippen molar-refractivity contribution in [3.8, 4) is 11.8 Å². The van der Waals surface area contributed by atoms with Crippen LogP contribution in [0.1, 0.15) is 30.3 Å². The first-order chi connectivity index (χ1) is 12.3. The molecular formula is C18H19ClN6O. The molecular weight excluding hydrogens is 352 g/mol. The minimum atomic E-state index is -0.791. The zero-order valence-electron chi connectivity index (χ0n) is 14.5. The molecule has 1 aromatic carbocycles. The van der Waals surface area contributed by atoms with Gasteiger partial charge in [0.2, 0.25) is 0 Å². The maximum atomic E-state index is 11.5. The van der Waals surface area contributed by atoms with Crippen LogP contribution in [0.25, 0.3) is 11.0 Å². The van der Waals surface area contributed by atoms with E-state index >= 15 is 0 Å². The molecule has 26 heavy (non-hydrogen) atoms. The van der Waals surface area contributed by atoms with Crippen molar-refractivity contribution in [2.45, 2.75) is 25.8 Å². The number of benzene rings is 1. The number of hydrogen-bond acceptors (Lipinski definition) is 4. The van der Waals surface area contributed by atoms with E-state index in [2.05, 4.69) is 26.4 Å². The van der Waals surface area contributed by atoms with Crippen molar-refractivity contribution < 1.29 is 4.79 Å². The van der Waals surface area contributed by atoms with Crippen LogP contribution in [-0.2, 0) is 4.79 Å². The van der Waals surface area contributed by atoms with Crippen molar-refractivity contribution >= 4 is 34.4 Å². The lowest BCUT2D eigenvalue weighted by Crippen LogP contribution is -2.29. The van der Waals surface area contributed by atoms with Crippen LogP contribution in [0.15, 0.2) is 28.4 Å². The van der Waals surface area contributed by atoms with Gasteiger partial charge in [-0.05, 0) is 37.8 Å². The zero-order valence-corrected chi connectivity index (χ0v) is 15.3. The molecule has 0 radical (unpaired) electrons. The number of aryl methyl sites for hydroxylation is 1. The maximum Gasteiger partial charge on any atom is 0.255 e. The second-order valence-electron chi connectivity index (χ2n) is 6.09. The van der Waals surface area contributed by atoms with Gasteiger partial charge in [-0.2, -0.15) is 0 Å². The summed E-state index contributed by atoms with van der Waals surface area (Å²) in [5.74, 6) is 5.64. The molecule has 1 aliphatic rings. The molecule has 1 aromatic heterocycles. The maximum absolute atomic E-state index is 11.5. The second-order valence-corrected chi connectivity index (χ2v) is 6.50. The van der Waals surface area contributed by atoms with E-state index in [9.17, 15) is 4.79 Å². The summed E-state index contributed by atoms with van der Waals surface area (Å²) < 4.78 is 2.20. The van der Waals surface area contributed by atoms with Gasteiger partial charge in [0, 0.05) is 18.7 Å². The third-order valence-electron chi connectivity index (χ3n) is 4.21. The van der Waals surface area contributed by atoms with E-state index in [1.165, 1.54) is 7.05 Å². The topological polar surface area (TPSA) is 125 Å². The summed E-state index contributed by atoms with van der Waals surface area (Å²) in [6.45, 7) is 1.98. The van der Waals surface area contributed by atoms with Crippen molar-refractivity contribution in [3.05, 3.63) is 39.8 Å². The Kier molecular flexibility index (Phi) is 4.62. The first-order valence-electron chi connectivity index (χ1n) is 8.05. The number of halogens is 1. The van der Waals surface area contributed by atoms with Gasteiger partial charge in [0.15, 0.2) is 0 Å². The van der Waals surface area contributed by atoms with Crippen molar-refractivity contribution in [2.24, 2.45) is 22.2 Å². The fourth-order valence-electron chi connectivity index (χ4n) is 2.83. The lowest BCUT2D eigenvalue weighted by Gasteiger charge is -2.05. The third-order valence-corrected chi connectivity index (χ3v) is 4.52. The van der Waals surface area contributed by atoms with E-state index < -0.39 is 5.91 Å². The van der Waals surface area contributed by atoms with Gasteiger partial charge in [0.05, 0.1) is 21.8 Å². The molecule has 1 heterocycles. The highest BCUT2D eigenvalue weighted by Gasteiger charge is 2.27. The summed E-state index contributed by atoms with van der Waals surface area (Å²) in [7, 11) is 1.43. The number of hydrogen-bond donors (Lipinski definition) is 3. The van der Waals surface area contributed by atoms with E-state index in [1.807, 2.05) is 19.1 Å². The summed E-state index contributed by atoms with van der Waals surface area (Å²) in [5, 5.41) is 0.484. The van der Waals surface area contributed by atoms with E-state index in [-0.39, 0.29) is 17.1 Å². The van der Waals surface area contributed by atoms with Crippen LogP contribution < -0.4 is 17.2 Å². The van der Waals surface area contributed by atoms with Crippen molar-refractivity contribution in [3.63, 3.8) is 0 Å². The number of fused-ring (bicyclic) bond motifs is 1. The number of nitrogens with two attached hydrogens (primary N) is 3. The molecule has 0 unspecified atom stereocenters. The van der Waals surface area contributed by atoms with Gasteiger partial charge < -0.3 is 21.8 Å². The minimum absolute atomic E-state index is 0.0588. The van der Waals surface area contributed by atoms with Crippen molar-refractivity contribution in [1.82, 2.24) is 9.55 Å². The number of carbonyl (C=O) groups excluding carboxylic acids is 1. The Balaban J connectivity index is 2.06. The number of amides is 1. The Morgan fingerprint density at radius 2 is 2.04 bits per heavy atom. The summed E-state index contributed by atoms with van der Waals surface area (Å²) in [6, 6.07) is 4.17. The van der Waals surface area contributed by atoms with Gasteiger partial charge in [-0.3, -0.25) is 9.79 Å². The van der Waals surface area contributed by atoms with Gasteiger partial charge in [0.1, 0.15) is 17.2 Å². The van der Waals surface area contributed by atoms with Gasteiger partial charge in [-0.1, -0.05) is 17.5 Å². The molecule has 1 amide bonds. The fourth-order valence-corrected chi connectivity index (χ4v) is 3.04. The largest absolute Gasteiger partial charge is 0.391 e. The van der Waals surface area contributed by atoms with E-state index in [1.54, 1.807) is 0 Å². The lowest BCUT2D eigenvalue weighted by molar-refractivity contribution is -0.114. The monoisotopic (exact) mass is 370 g/mol. The van der Waals surface area contributed by atoms with Crippen LogP contribution >= 0.6 is 11.6 Å². The molecule has 0 saturated heterocycles. The van der Waals surface area contributed by atoms with Gasteiger partial charge in [0.25, 0.3) is 5.91 Å². The Bertz CT molecular complexity index is 1030. The number of aromatic nitrogens is 2. The average Bonchev–Trinajstić information content (AvgIpc) is 3.35. The van der Waals surface area contributed by atoms with Crippen LogP contribution in [0.5, 0.6) is 0 Å². The molecule has 1 aliphatic carbocycles. The molecule has 2 aromatic rings. The van der Waals surface area contributed by atoms with Gasteiger partial charge in [-0.25, -0.2) is 4.98 Å². The van der Waals surface area contributed by atoms with Crippen LogP contribution in [0.3, 0.4) is 0 Å². The quantitative estimate of drug-likeness (QED) is 0.326. The van der Waals surface area contributed by atoms with Crippen LogP contribution in [0.4, 0.5) is 0 Å². The third kappa shape index (κ3) is 3.24. The van der Waals surface area contributed by atoms with Crippen molar-refractivity contribution in [2.75, 3.05) is 7.05 Å². The average molecular weight is 371 g/mol. The van der Waals surface area contributed by atoms with E-state index in [0.29, 0.717) is 16.6 Å². The Morgan fingerprint density at radius 1 is 1.35 bits per heavy atom.